The molecule has 4 heterocycles. The second-order valence-corrected chi connectivity index (χ2v) is 16.2. The molecule has 3 aromatic rings. The minimum atomic E-state index is -0.513. The highest BCUT2D eigenvalue weighted by Crippen LogP contribution is 2.50. The first-order valence-electron chi connectivity index (χ1n) is 20.0. The van der Waals surface area contributed by atoms with Gasteiger partial charge in [-0.1, -0.05) is 65.7 Å². The van der Waals surface area contributed by atoms with E-state index >= 15 is 0 Å². The smallest absolute Gasteiger partial charge is 0.410 e. The molecule has 8 heteroatoms. The van der Waals surface area contributed by atoms with Crippen molar-refractivity contribution in [1.82, 2.24) is 25.0 Å². The van der Waals surface area contributed by atoms with Crippen LogP contribution in [-0.2, 0) is 4.74 Å². The Morgan fingerprint density at radius 2 is 1.87 bits per heavy atom. The molecule has 4 aliphatic rings. The number of likely N-dealkylation sites (tertiary alicyclic amines) is 1. The Balaban J connectivity index is 0.00000228. The van der Waals surface area contributed by atoms with Crippen molar-refractivity contribution in [3.63, 3.8) is 0 Å². The number of fused-ring (bicyclic) bond motifs is 6. The predicted molar refractivity (Wildman–Crippen MR) is 215 cm³/mol. The highest BCUT2D eigenvalue weighted by Gasteiger charge is 2.60. The number of benzene rings is 2. The standard InChI is InChI=1S/C42H57N5O3.C2H6/c1-10-12-14-25(3)26(4)43-33(13-11-2)28-16-19-35-30(21-28)22-37-31-17-15-29(23-38(31)49-27(5)46(35)37)34-24-45(9)40(44-34)39-32-18-20-36(32)47(39)41(48)50-42(6,7)8;1-2/h13,15-17,19,21-27,32,36,39-40,43-44H,10-12,14,18,20H2,1-9H3;1-2H3/b33-13-;. The minimum Gasteiger partial charge on any atom is -0.470 e. The van der Waals surface area contributed by atoms with Crippen molar-refractivity contribution in [2.75, 3.05) is 7.05 Å². The molecule has 1 saturated heterocycles. The number of carbonyl (C=O) groups is 1. The van der Waals surface area contributed by atoms with Crippen LogP contribution in [0.4, 0.5) is 4.79 Å². The zero-order valence-electron chi connectivity index (χ0n) is 33.5. The van der Waals surface area contributed by atoms with E-state index < -0.39 is 5.60 Å². The number of aromatic nitrogens is 1. The van der Waals surface area contributed by atoms with E-state index in [2.05, 4.69) is 117 Å². The van der Waals surface area contributed by atoms with E-state index in [9.17, 15) is 4.79 Å². The number of nitrogens with one attached hydrogen (secondary N) is 2. The molecule has 282 valence electrons. The van der Waals surface area contributed by atoms with E-state index in [-0.39, 0.29) is 24.5 Å². The third-order valence-corrected chi connectivity index (χ3v) is 11.4. The molecule has 1 aliphatic carbocycles. The second-order valence-electron chi connectivity index (χ2n) is 16.2. The molecule has 52 heavy (non-hydrogen) atoms. The van der Waals surface area contributed by atoms with Crippen LogP contribution in [0.3, 0.4) is 0 Å². The van der Waals surface area contributed by atoms with Gasteiger partial charge in [-0.3, -0.25) is 4.90 Å². The maximum atomic E-state index is 13.2. The van der Waals surface area contributed by atoms with Crippen molar-refractivity contribution in [3.8, 4) is 17.0 Å². The average Bonchev–Trinajstić information content (AvgIpc) is 3.68. The number of allylic oxidation sites excluding steroid dienone is 1. The topological polar surface area (TPSA) is 71.0 Å². The number of rotatable bonds is 10. The molecule has 1 aromatic heterocycles. The van der Waals surface area contributed by atoms with Gasteiger partial charge in [0, 0.05) is 53.5 Å². The van der Waals surface area contributed by atoms with Crippen LogP contribution < -0.4 is 15.4 Å². The molecule has 8 nitrogen and oxygen atoms in total. The SMILES string of the molecule is CC.CC/C=C(\NC(C)C(C)CCCC)c1ccc2c(c1)cc1n2C(C)Oc2cc(C3=CN(C)C(C4C5CCC5N4C(=O)OC(C)(C)C)N3)ccc2-1. The normalized spacial score (nSPS) is 24.4. The molecular formula is C44H63N5O3. The summed E-state index contributed by atoms with van der Waals surface area (Å²) in [6.45, 7) is 21.1. The highest BCUT2D eigenvalue weighted by molar-refractivity contribution is 5.91. The van der Waals surface area contributed by atoms with Crippen molar-refractivity contribution < 1.29 is 14.3 Å². The lowest BCUT2D eigenvalue weighted by atomic mass is 9.64. The van der Waals surface area contributed by atoms with Gasteiger partial charge in [0.2, 0.25) is 0 Å². The number of carbonyl (C=O) groups excluding carboxylic acids is 1. The summed E-state index contributed by atoms with van der Waals surface area (Å²) in [6, 6.07) is 16.5. The molecule has 2 fully saturated rings. The molecule has 2 N–H and O–H groups in total. The third kappa shape index (κ3) is 7.02. The maximum Gasteiger partial charge on any atom is 0.410 e. The quantitative estimate of drug-likeness (QED) is 0.218. The molecule has 2 aromatic carbocycles. The zero-order valence-corrected chi connectivity index (χ0v) is 33.5. The van der Waals surface area contributed by atoms with Crippen LogP contribution in [0.15, 0.2) is 54.7 Å². The summed E-state index contributed by atoms with van der Waals surface area (Å²) in [7, 11) is 2.10. The summed E-state index contributed by atoms with van der Waals surface area (Å²) < 4.78 is 14.8. The maximum absolute atomic E-state index is 13.2. The third-order valence-electron chi connectivity index (χ3n) is 11.4. The lowest BCUT2D eigenvalue weighted by molar-refractivity contribution is -0.137. The summed E-state index contributed by atoms with van der Waals surface area (Å²) in [6.07, 6.45) is 11.1. The van der Waals surface area contributed by atoms with Gasteiger partial charge in [-0.15, -0.1) is 0 Å². The fraction of sp³-hybridized carbons (Fsp3) is 0.568. The van der Waals surface area contributed by atoms with Gasteiger partial charge in [-0.2, -0.15) is 0 Å². The fourth-order valence-electron chi connectivity index (χ4n) is 8.47. The predicted octanol–water partition coefficient (Wildman–Crippen LogP) is 10.4. The van der Waals surface area contributed by atoms with Gasteiger partial charge in [0.05, 0.1) is 22.9 Å². The summed E-state index contributed by atoms with van der Waals surface area (Å²) in [5, 5.41) is 8.85. The van der Waals surface area contributed by atoms with Gasteiger partial charge in [-0.05, 0) is 102 Å². The number of amides is 1. The molecule has 7 atom stereocenters. The van der Waals surface area contributed by atoms with Gasteiger partial charge in [0.15, 0.2) is 6.23 Å². The first-order chi connectivity index (χ1) is 24.9. The molecule has 1 saturated carbocycles. The average molecular weight is 710 g/mol. The molecule has 1 amide bonds. The zero-order chi connectivity index (χ0) is 37.5. The second kappa shape index (κ2) is 15.1. The van der Waals surface area contributed by atoms with Crippen molar-refractivity contribution in [3.05, 3.63) is 65.9 Å². The Bertz CT molecular complexity index is 1820. The molecule has 0 radical (unpaired) electrons. The Morgan fingerprint density at radius 3 is 2.54 bits per heavy atom. The Morgan fingerprint density at radius 1 is 1.10 bits per heavy atom. The molecule has 0 spiro atoms. The largest absolute Gasteiger partial charge is 0.470 e. The Hall–Kier alpha value is -4.07. The van der Waals surface area contributed by atoms with E-state index in [4.69, 9.17) is 9.47 Å². The number of unbranched alkanes of at least 4 members (excludes halogenated alkanes) is 1. The fourth-order valence-corrected chi connectivity index (χ4v) is 8.47. The number of hydrogen-bond acceptors (Lipinski definition) is 6. The number of piperidine rings is 1. The first kappa shape index (κ1) is 37.7. The monoisotopic (exact) mass is 709 g/mol. The van der Waals surface area contributed by atoms with Gasteiger partial charge >= 0.3 is 6.09 Å². The van der Waals surface area contributed by atoms with Crippen LogP contribution in [0.25, 0.3) is 33.6 Å². The first-order valence-corrected chi connectivity index (χ1v) is 20.0. The number of ether oxygens (including phenoxy) is 2. The van der Waals surface area contributed by atoms with Gasteiger partial charge in [0.1, 0.15) is 17.5 Å². The molecule has 3 aliphatic heterocycles. The van der Waals surface area contributed by atoms with Crippen LogP contribution in [0.1, 0.15) is 125 Å². The summed E-state index contributed by atoms with van der Waals surface area (Å²) in [5.41, 5.74) is 7.50. The Labute approximate surface area is 312 Å². The summed E-state index contributed by atoms with van der Waals surface area (Å²) in [4.78, 5) is 17.4. The number of likely N-dealkylation sites (N-methyl/N-ethyl adjacent to an activating group) is 1. The summed E-state index contributed by atoms with van der Waals surface area (Å²) in [5.74, 6) is 2.01. The van der Waals surface area contributed by atoms with E-state index in [1.165, 1.54) is 47.1 Å². The van der Waals surface area contributed by atoms with Gasteiger partial charge in [-0.25, -0.2) is 4.79 Å². The number of hydrogen-bond donors (Lipinski definition) is 2. The van der Waals surface area contributed by atoms with E-state index in [0.717, 1.165) is 41.8 Å². The van der Waals surface area contributed by atoms with Crippen molar-refractivity contribution in [1.29, 1.82) is 0 Å². The highest BCUT2D eigenvalue weighted by atomic mass is 16.6. The van der Waals surface area contributed by atoms with Gasteiger partial charge in [0.25, 0.3) is 0 Å². The van der Waals surface area contributed by atoms with Crippen LogP contribution in [0, 0.1) is 11.8 Å². The lowest BCUT2D eigenvalue weighted by Crippen LogP contribution is -2.76. The Kier molecular flexibility index (Phi) is 11.0. The molecule has 0 bridgehead atoms. The molecular weight excluding hydrogens is 647 g/mol. The summed E-state index contributed by atoms with van der Waals surface area (Å²) >= 11 is 0. The number of nitrogens with zero attached hydrogens (tertiary/aromatic N) is 3. The van der Waals surface area contributed by atoms with E-state index in [1.807, 2.05) is 39.5 Å². The lowest BCUT2D eigenvalue weighted by Gasteiger charge is -2.63. The molecule has 7 rings (SSSR count). The van der Waals surface area contributed by atoms with Gasteiger partial charge < -0.3 is 29.6 Å². The van der Waals surface area contributed by atoms with Crippen LogP contribution in [0.5, 0.6) is 5.75 Å². The van der Waals surface area contributed by atoms with E-state index in [1.54, 1.807) is 0 Å². The van der Waals surface area contributed by atoms with Crippen LogP contribution in [0.2, 0.25) is 0 Å². The van der Waals surface area contributed by atoms with E-state index in [0.29, 0.717) is 23.9 Å². The van der Waals surface area contributed by atoms with Crippen molar-refractivity contribution in [2.45, 2.75) is 144 Å². The van der Waals surface area contributed by atoms with Crippen molar-refractivity contribution >= 4 is 28.4 Å². The minimum absolute atomic E-state index is 0.00431. The van der Waals surface area contributed by atoms with Crippen LogP contribution >= 0.6 is 0 Å². The van der Waals surface area contributed by atoms with Crippen LogP contribution in [-0.4, -0.2) is 57.4 Å². The molecule has 7 unspecified atom stereocenters. The van der Waals surface area contributed by atoms with Crippen molar-refractivity contribution in [2.24, 2.45) is 11.8 Å².